The minimum Gasteiger partial charge on any atom is -0.395 e. The molecule has 0 saturated carbocycles. The predicted molar refractivity (Wildman–Crippen MR) is 96.3 cm³/mol. The number of nitrogens with one attached hydrogen (secondary N) is 1. The number of aliphatic hydroxyl groups is 1. The van der Waals surface area contributed by atoms with Crippen molar-refractivity contribution in [3.8, 4) is 11.4 Å². The van der Waals surface area contributed by atoms with Gasteiger partial charge in [-0.15, -0.1) is 0 Å². The second-order valence-electron chi connectivity index (χ2n) is 6.14. The van der Waals surface area contributed by atoms with E-state index >= 15 is 0 Å². The number of carbonyl (C=O) groups excluding carboxylic acids is 1. The van der Waals surface area contributed by atoms with Gasteiger partial charge in [-0.3, -0.25) is 9.78 Å². The minimum absolute atomic E-state index is 0.0386. The van der Waals surface area contributed by atoms with Crippen LogP contribution in [0.5, 0.6) is 0 Å². The zero-order valence-corrected chi connectivity index (χ0v) is 15.1. The van der Waals surface area contributed by atoms with Crippen molar-refractivity contribution in [1.29, 1.82) is 0 Å². The smallest absolute Gasteiger partial charge is 0.226 e. The van der Waals surface area contributed by atoms with Gasteiger partial charge in [0.25, 0.3) is 0 Å². The van der Waals surface area contributed by atoms with Crippen molar-refractivity contribution in [2.24, 2.45) is 0 Å². The summed E-state index contributed by atoms with van der Waals surface area (Å²) in [4.78, 5) is 29.7. The maximum Gasteiger partial charge on any atom is 0.226 e. The average molecular weight is 370 g/mol. The fourth-order valence-electron chi connectivity index (χ4n) is 2.69. The van der Waals surface area contributed by atoms with Crippen molar-refractivity contribution in [2.75, 3.05) is 13.2 Å². The van der Waals surface area contributed by atoms with Crippen LogP contribution in [0.25, 0.3) is 11.4 Å². The van der Waals surface area contributed by atoms with Gasteiger partial charge < -0.3 is 19.5 Å². The third-order valence-corrected chi connectivity index (χ3v) is 4.01. The molecular formula is C18H22N6O3. The van der Waals surface area contributed by atoms with E-state index < -0.39 is 0 Å². The number of carbonyl (C=O) groups is 1. The monoisotopic (exact) mass is 370 g/mol. The van der Waals surface area contributed by atoms with E-state index in [0.29, 0.717) is 37.5 Å². The number of aliphatic hydroxyl groups excluding tert-OH is 1. The number of pyridine rings is 1. The van der Waals surface area contributed by atoms with E-state index in [-0.39, 0.29) is 19.1 Å². The topological polar surface area (TPSA) is 121 Å². The summed E-state index contributed by atoms with van der Waals surface area (Å²) in [5.74, 6) is 1.73. The molecule has 3 aromatic heterocycles. The number of hydrogen-bond donors (Lipinski definition) is 2. The summed E-state index contributed by atoms with van der Waals surface area (Å²) >= 11 is 0. The van der Waals surface area contributed by atoms with Crippen LogP contribution >= 0.6 is 0 Å². The van der Waals surface area contributed by atoms with Crippen molar-refractivity contribution < 1.29 is 14.4 Å². The molecule has 9 nitrogen and oxygen atoms in total. The first kappa shape index (κ1) is 18.7. The van der Waals surface area contributed by atoms with Crippen LogP contribution in [0.1, 0.15) is 30.3 Å². The SMILES string of the molecule is Cc1ncc(CN(CCO)C(=O)CCCc2nc(-c3cccnc3)no2)[nH]1. The number of aryl methyl sites for hydroxylation is 2. The number of hydrogen-bond acceptors (Lipinski definition) is 7. The summed E-state index contributed by atoms with van der Waals surface area (Å²) in [5.41, 5.74) is 1.62. The molecule has 0 saturated heterocycles. The molecule has 3 rings (SSSR count). The van der Waals surface area contributed by atoms with Crippen LogP contribution in [-0.4, -0.2) is 54.2 Å². The van der Waals surface area contributed by atoms with E-state index in [1.807, 2.05) is 13.0 Å². The Bertz CT molecular complexity index is 861. The van der Waals surface area contributed by atoms with Gasteiger partial charge >= 0.3 is 0 Å². The molecule has 0 aliphatic heterocycles. The average Bonchev–Trinajstić information content (AvgIpc) is 3.31. The summed E-state index contributed by atoms with van der Waals surface area (Å²) in [5, 5.41) is 13.2. The van der Waals surface area contributed by atoms with Crippen LogP contribution in [0, 0.1) is 6.92 Å². The fraction of sp³-hybridized carbons (Fsp3) is 0.389. The summed E-state index contributed by atoms with van der Waals surface area (Å²) in [7, 11) is 0. The van der Waals surface area contributed by atoms with Gasteiger partial charge in [0.15, 0.2) is 0 Å². The Hall–Kier alpha value is -3.07. The molecule has 0 bridgehead atoms. The Labute approximate surface area is 156 Å². The van der Waals surface area contributed by atoms with Crippen LogP contribution in [0.2, 0.25) is 0 Å². The van der Waals surface area contributed by atoms with Gasteiger partial charge in [-0.2, -0.15) is 4.98 Å². The van der Waals surface area contributed by atoms with Gasteiger partial charge in [0.1, 0.15) is 5.82 Å². The maximum absolute atomic E-state index is 12.5. The summed E-state index contributed by atoms with van der Waals surface area (Å²) in [6.07, 6.45) is 6.47. The van der Waals surface area contributed by atoms with Gasteiger partial charge in [0.05, 0.1) is 25.0 Å². The Morgan fingerprint density at radius 1 is 1.37 bits per heavy atom. The summed E-state index contributed by atoms with van der Waals surface area (Å²) in [6, 6.07) is 3.66. The zero-order valence-electron chi connectivity index (χ0n) is 15.1. The summed E-state index contributed by atoms with van der Waals surface area (Å²) < 4.78 is 5.24. The van der Waals surface area contributed by atoms with Gasteiger partial charge in [0, 0.05) is 37.3 Å². The highest BCUT2D eigenvalue weighted by Crippen LogP contribution is 2.15. The lowest BCUT2D eigenvalue weighted by Gasteiger charge is -2.20. The molecule has 0 atom stereocenters. The van der Waals surface area contributed by atoms with E-state index in [1.54, 1.807) is 29.6 Å². The second kappa shape index (κ2) is 9.04. The highest BCUT2D eigenvalue weighted by Gasteiger charge is 2.15. The maximum atomic E-state index is 12.5. The molecule has 0 spiro atoms. The number of aromatic nitrogens is 5. The first-order valence-corrected chi connectivity index (χ1v) is 8.78. The van der Waals surface area contributed by atoms with Gasteiger partial charge in [-0.1, -0.05) is 5.16 Å². The molecular weight excluding hydrogens is 348 g/mol. The molecule has 2 N–H and O–H groups in total. The molecule has 1 amide bonds. The molecule has 142 valence electrons. The third-order valence-electron chi connectivity index (χ3n) is 4.01. The van der Waals surface area contributed by atoms with Crippen molar-refractivity contribution >= 4 is 5.91 Å². The first-order chi connectivity index (χ1) is 13.2. The van der Waals surface area contributed by atoms with Crippen LogP contribution in [0.4, 0.5) is 0 Å². The molecule has 27 heavy (non-hydrogen) atoms. The van der Waals surface area contributed by atoms with Crippen molar-refractivity contribution in [1.82, 2.24) is 30.0 Å². The number of H-pyrrole nitrogens is 1. The predicted octanol–water partition coefficient (Wildman–Crippen LogP) is 1.51. The van der Waals surface area contributed by atoms with Crippen molar-refractivity contribution in [2.45, 2.75) is 32.7 Å². The normalized spacial score (nSPS) is 10.9. The zero-order chi connectivity index (χ0) is 19.1. The van der Waals surface area contributed by atoms with Crippen LogP contribution in [0.3, 0.4) is 0 Å². The van der Waals surface area contributed by atoms with E-state index in [2.05, 4.69) is 25.1 Å². The highest BCUT2D eigenvalue weighted by molar-refractivity contribution is 5.76. The quantitative estimate of drug-likeness (QED) is 0.585. The lowest BCUT2D eigenvalue weighted by atomic mass is 10.2. The third kappa shape index (κ3) is 5.20. The molecule has 9 heteroatoms. The number of amides is 1. The molecule has 3 aromatic rings. The first-order valence-electron chi connectivity index (χ1n) is 8.78. The van der Waals surface area contributed by atoms with E-state index in [0.717, 1.165) is 17.1 Å². The van der Waals surface area contributed by atoms with Gasteiger partial charge in [0.2, 0.25) is 17.6 Å². The second-order valence-corrected chi connectivity index (χ2v) is 6.14. The van der Waals surface area contributed by atoms with Crippen molar-refractivity contribution in [3.63, 3.8) is 0 Å². The Balaban J connectivity index is 1.51. The molecule has 0 aliphatic rings. The Morgan fingerprint density at radius 2 is 2.26 bits per heavy atom. The highest BCUT2D eigenvalue weighted by atomic mass is 16.5. The minimum atomic E-state index is -0.0863. The van der Waals surface area contributed by atoms with E-state index in [9.17, 15) is 9.90 Å². The van der Waals surface area contributed by atoms with Gasteiger partial charge in [-0.05, 0) is 25.5 Å². The Morgan fingerprint density at radius 3 is 2.96 bits per heavy atom. The standard InChI is InChI=1S/C18H22N6O3/c1-13-20-11-15(21-13)12-24(8-9-25)17(26)6-2-5-16-22-18(23-27-16)14-4-3-7-19-10-14/h3-4,7,10-11,25H,2,5-6,8-9,12H2,1H3,(H,20,21). The fourth-order valence-corrected chi connectivity index (χ4v) is 2.69. The molecule has 0 radical (unpaired) electrons. The van der Waals surface area contributed by atoms with Crippen LogP contribution < -0.4 is 0 Å². The molecule has 0 fully saturated rings. The lowest BCUT2D eigenvalue weighted by Crippen LogP contribution is -2.33. The van der Waals surface area contributed by atoms with E-state index in [1.165, 1.54) is 0 Å². The molecule has 0 unspecified atom stereocenters. The molecule has 3 heterocycles. The van der Waals surface area contributed by atoms with Crippen LogP contribution in [-0.2, 0) is 17.8 Å². The largest absolute Gasteiger partial charge is 0.395 e. The lowest BCUT2D eigenvalue weighted by molar-refractivity contribution is -0.132. The molecule has 0 aromatic carbocycles. The summed E-state index contributed by atoms with van der Waals surface area (Å²) in [6.45, 7) is 2.44. The number of nitrogens with zero attached hydrogens (tertiary/aromatic N) is 5. The molecule has 0 aliphatic carbocycles. The number of imidazole rings is 1. The number of rotatable bonds is 9. The number of aromatic amines is 1. The Kier molecular flexibility index (Phi) is 6.26. The van der Waals surface area contributed by atoms with Crippen LogP contribution in [0.15, 0.2) is 35.2 Å². The van der Waals surface area contributed by atoms with Gasteiger partial charge in [-0.25, -0.2) is 4.98 Å². The van der Waals surface area contributed by atoms with Crippen molar-refractivity contribution in [3.05, 3.63) is 48.1 Å². The van der Waals surface area contributed by atoms with E-state index in [4.69, 9.17) is 4.52 Å².